The maximum absolute atomic E-state index is 15.6. The van der Waals surface area contributed by atoms with E-state index in [0.29, 0.717) is 21.2 Å². The standard InChI is InChI=1S/C27H29Cl2FN4O4/c28-19-2-1-3-20(29)22(19)23(32)18(24(35)15-4-5-15)13-38-14-27(30)8-10-34(11-9-27)25(33)17-7-6-16(26(36)37)12-21(17)31/h1-3,6-7,12,15,33H,4-5,8-11,13-14,31-32H2,(H,36,37). The molecule has 1 aliphatic heterocycles. The van der Waals surface area contributed by atoms with Gasteiger partial charge in [-0.3, -0.25) is 10.2 Å². The Kier molecular flexibility index (Phi) is 8.30. The molecule has 38 heavy (non-hydrogen) atoms. The first kappa shape index (κ1) is 27.9. The second kappa shape index (κ2) is 11.3. The molecule has 8 nitrogen and oxygen atoms in total. The highest BCUT2D eigenvalue weighted by molar-refractivity contribution is 6.37. The molecule has 2 aliphatic rings. The third-order valence-electron chi connectivity index (χ3n) is 6.94. The van der Waals surface area contributed by atoms with Crippen LogP contribution in [0.1, 0.15) is 47.2 Å². The molecule has 0 unspecified atom stereocenters. The van der Waals surface area contributed by atoms with Crippen molar-refractivity contribution in [3.63, 3.8) is 0 Å². The number of carbonyl (C=O) groups excluding carboxylic acids is 1. The molecule has 0 atom stereocenters. The van der Waals surface area contributed by atoms with Crippen LogP contribution in [0.3, 0.4) is 0 Å². The van der Waals surface area contributed by atoms with E-state index in [0.717, 1.165) is 12.8 Å². The highest BCUT2D eigenvalue weighted by atomic mass is 35.5. The third kappa shape index (κ3) is 6.11. The minimum Gasteiger partial charge on any atom is -0.478 e. The SMILES string of the molecule is N=C(c1ccc(C(=O)O)cc1N)N1CCC(F)(COCC(C(=O)C2CC2)=C(N)c2c(Cl)cccc2Cl)CC1. The lowest BCUT2D eigenvalue weighted by atomic mass is 9.93. The molecular weight excluding hydrogens is 534 g/mol. The molecule has 0 bridgehead atoms. The summed E-state index contributed by atoms with van der Waals surface area (Å²) in [6.07, 6.45) is 1.74. The quantitative estimate of drug-likeness (QED) is 0.149. The van der Waals surface area contributed by atoms with E-state index in [1.165, 1.54) is 18.2 Å². The first-order chi connectivity index (χ1) is 18.0. The number of likely N-dealkylation sites (tertiary alicyclic amines) is 1. The number of alkyl halides is 1. The number of anilines is 1. The minimum absolute atomic E-state index is 0.0312. The van der Waals surface area contributed by atoms with Crippen LogP contribution in [-0.2, 0) is 9.53 Å². The predicted molar refractivity (Wildman–Crippen MR) is 145 cm³/mol. The molecule has 1 heterocycles. The Balaban J connectivity index is 1.39. The molecule has 0 aromatic heterocycles. The van der Waals surface area contributed by atoms with Crippen molar-refractivity contribution in [3.8, 4) is 0 Å². The lowest BCUT2D eigenvalue weighted by Gasteiger charge is -2.37. The van der Waals surface area contributed by atoms with Crippen molar-refractivity contribution in [2.75, 3.05) is 32.0 Å². The number of nitrogens with zero attached hydrogens (tertiary/aromatic N) is 1. The monoisotopic (exact) mass is 562 g/mol. The highest BCUT2D eigenvalue weighted by Gasteiger charge is 2.37. The summed E-state index contributed by atoms with van der Waals surface area (Å²) in [6, 6.07) is 9.12. The number of nitrogen functional groups attached to an aromatic ring is 1. The number of ether oxygens (including phenoxy) is 1. The van der Waals surface area contributed by atoms with Gasteiger partial charge in [-0.1, -0.05) is 29.3 Å². The molecule has 2 aromatic carbocycles. The van der Waals surface area contributed by atoms with Crippen LogP contribution in [0.25, 0.3) is 5.70 Å². The van der Waals surface area contributed by atoms with Gasteiger partial charge in [0.15, 0.2) is 5.78 Å². The summed E-state index contributed by atoms with van der Waals surface area (Å²) in [4.78, 5) is 25.8. The van der Waals surface area contributed by atoms with Gasteiger partial charge in [0.2, 0.25) is 0 Å². The van der Waals surface area contributed by atoms with Crippen LogP contribution in [0.5, 0.6) is 0 Å². The molecule has 202 valence electrons. The van der Waals surface area contributed by atoms with Gasteiger partial charge in [-0.15, -0.1) is 0 Å². The Labute approximate surface area is 229 Å². The molecule has 11 heteroatoms. The van der Waals surface area contributed by atoms with Crippen LogP contribution in [0.15, 0.2) is 42.0 Å². The van der Waals surface area contributed by atoms with E-state index in [4.69, 9.17) is 49.9 Å². The number of Topliss-reactive ketones (excluding diaryl/α,β-unsaturated/α-hetero) is 1. The second-order valence-corrected chi connectivity index (χ2v) is 10.5. The summed E-state index contributed by atoms with van der Waals surface area (Å²) in [5, 5.41) is 18.2. The number of amidine groups is 1. The third-order valence-corrected chi connectivity index (χ3v) is 7.57. The first-order valence-corrected chi connectivity index (χ1v) is 13.0. The number of hydrogen-bond acceptors (Lipinski definition) is 6. The second-order valence-electron chi connectivity index (χ2n) is 9.71. The topological polar surface area (TPSA) is 143 Å². The van der Waals surface area contributed by atoms with Crippen LogP contribution in [0, 0.1) is 11.3 Å². The number of carbonyl (C=O) groups is 2. The average molecular weight is 563 g/mol. The van der Waals surface area contributed by atoms with Gasteiger partial charge in [0.25, 0.3) is 0 Å². The lowest BCUT2D eigenvalue weighted by molar-refractivity contribution is -0.117. The molecule has 1 saturated carbocycles. The predicted octanol–water partition coefficient (Wildman–Crippen LogP) is 4.77. The van der Waals surface area contributed by atoms with Gasteiger partial charge in [0.05, 0.1) is 34.5 Å². The van der Waals surface area contributed by atoms with Gasteiger partial charge in [-0.05, 0) is 43.2 Å². The fourth-order valence-electron chi connectivity index (χ4n) is 4.47. The van der Waals surface area contributed by atoms with E-state index < -0.39 is 11.6 Å². The van der Waals surface area contributed by atoms with Crippen molar-refractivity contribution >= 4 is 52.2 Å². The number of aromatic carboxylic acids is 1. The number of carboxylic acids is 1. The van der Waals surface area contributed by atoms with E-state index in [1.54, 1.807) is 23.1 Å². The largest absolute Gasteiger partial charge is 0.478 e. The molecule has 0 radical (unpaired) electrons. The summed E-state index contributed by atoms with van der Waals surface area (Å²) < 4.78 is 21.3. The van der Waals surface area contributed by atoms with Crippen molar-refractivity contribution in [3.05, 3.63) is 68.7 Å². The Morgan fingerprint density at radius 2 is 1.79 bits per heavy atom. The van der Waals surface area contributed by atoms with Crippen molar-refractivity contribution in [2.45, 2.75) is 31.4 Å². The number of carboxylic acid groups (broad SMARTS) is 1. The molecule has 2 fully saturated rings. The molecule has 1 saturated heterocycles. The number of halogens is 3. The van der Waals surface area contributed by atoms with Crippen molar-refractivity contribution in [2.24, 2.45) is 11.7 Å². The number of benzene rings is 2. The fourth-order valence-corrected chi connectivity index (χ4v) is 5.07. The van der Waals surface area contributed by atoms with E-state index in [9.17, 15) is 9.59 Å². The molecule has 6 N–H and O–H groups in total. The Morgan fingerprint density at radius 3 is 2.34 bits per heavy atom. The molecule has 4 rings (SSSR count). The van der Waals surface area contributed by atoms with Gasteiger partial charge < -0.3 is 26.2 Å². The molecule has 2 aromatic rings. The Morgan fingerprint density at radius 1 is 1.16 bits per heavy atom. The molecule has 0 spiro atoms. The van der Waals surface area contributed by atoms with Gasteiger partial charge >= 0.3 is 5.97 Å². The molecule has 1 aliphatic carbocycles. The smallest absolute Gasteiger partial charge is 0.335 e. The summed E-state index contributed by atoms with van der Waals surface area (Å²) in [6.45, 7) is 0.0920. The zero-order chi connectivity index (χ0) is 27.6. The number of nitrogens with one attached hydrogen (secondary N) is 1. The zero-order valence-corrected chi connectivity index (χ0v) is 22.1. The van der Waals surface area contributed by atoms with E-state index in [1.807, 2.05) is 0 Å². The van der Waals surface area contributed by atoms with Crippen molar-refractivity contribution in [1.29, 1.82) is 5.41 Å². The van der Waals surface area contributed by atoms with Crippen molar-refractivity contribution in [1.82, 2.24) is 4.90 Å². The van der Waals surface area contributed by atoms with Crippen LogP contribution < -0.4 is 11.5 Å². The van der Waals surface area contributed by atoms with Crippen LogP contribution >= 0.6 is 23.2 Å². The number of rotatable bonds is 9. The average Bonchev–Trinajstić information content (AvgIpc) is 3.72. The fraction of sp³-hybridized carbons (Fsp3) is 0.370. The first-order valence-electron chi connectivity index (χ1n) is 12.2. The summed E-state index contributed by atoms with van der Waals surface area (Å²) in [7, 11) is 0. The highest BCUT2D eigenvalue weighted by Crippen LogP contribution is 2.37. The molecule has 0 amide bonds. The van der Waals surface area contributed by atoms with E-state index in [2.05, 4.69) is 0 Å². The van der Waals surface area contributed by atoms with Crippen LogP contribution in [-0.4, -0.2) is 59.6 Å². The van der Waals surface area contributed by atoms with Crippen LogP contribution in [0.4, 0.5) is 10.1 Å². The van der Waals surface area contributed by atoms with E-state index in [-0.39, 0.29) is 79.2 Å². The number of hydrogen-bond donors (Lipinski definition) is 4. The molecular formula is C27H29Cl2FN4O4. The minimum atomic E-state index is -1.65. The van der Waals surface area contributed by atoms with Gasteiger partial charge in [-0.25, -0.2) is 9.18 Å². The zero-order valence-electron chi connectivity index (χ0n) is 20.6. The van der Waals surface area contributed by atoms with Gasteiger partial charge in [0, 0.05) is 54.2 Å². The maximum atomic E-state index is 15.6. The lowest BCUT2D eigenvalue weighted by Crippen LogP contribution is -2.47. The normalized spacial score (nSPS) is 17.6. The summed E-state index contributed by atoms with van der Waals surface area (Å²) in [5.41, 5.74) is 12.0. The number of piperidine rings is 1. The van der Waals surface area contributed by atoms with E-state index >= 15 is 4.39 Å². The van der Waals surface area contributed by atoms with Gasteiger partial charge in [-0.2, -0.15) is 0 Å². The Hall–Kier alpha value is -3.14. The van der Waals surface area contributed by atoms with Crippen LogP contribution in [0.2, 0.25) is 10.0 Å². The Bertz CT molecular complexity index is 1280. The summed E-state index contributed by atoms with van der Waals surface area (Å²) in [5.74, 6) is -1.27. The number of nitrogens with two attached hydrogens (primary N) is 2. The maximum Gasteiger partial charge on any atom is 0.335 e. The number of ketones is 1. The van der Waals surface area contributed by atoms with Gasteiger partial charge in [0.1, 0.15) is 11.5 Å². The van der Waals surface area contributed by atoms with Crippen molar-refractivity contribution < 1.29 is 23.8 Å². The summed E-state index contributed by atoms with van der Waals surface area (Å²) >= 11 is 12.6.